The third-order valence-electron chi connectivity index (χ3n) is 2.74. The summed E-state index contributed by atoms with van der Waals surface area (Å²) in [6.45, 7) is 3.98. The van der Waals surface area contributed by atoms with Crippen molar-refractivity contribution in [1.29, 1.82) is 0 Å². The Hall–Kier alpha value is -1.17. The number of hydrazone groups is 1. The van der Waals surface area contributed by atoms with E-state index in [1.54, 1.807) is 5.01 Å². The molecule has 2 aliphatic heterocycles. The Labute approximate surface area is 88.3 Å². The van der Waals surface area contributed by atoms with Gasteiger partial charge in [0.05, 0.1) is 5.92 Å². The maximum Gasteiger partial charge on any atom is 0.219 e. The van der Waals surface area contributed by atoms with Crippen molar-refractivity contribution in [2.45, 2.75) is 20.0 Å². The fraction of sp³-hybridized carbons (Fsp3) is 0.625. The van der Waals surface area contributed by atoms with Crippen LogP contribution in [0.25, 0.3) is 0 Å². The van der Waals surface area contributed by atoms with E-state index in [9.17, 15) is 0 Å². The lowest BCUT2D eigenvalue weighted by molar-refractivity contribution is 0.187. The largest absolute Gasteiger partial charge is 0.387 e. The van der Waals surface area contributed by atoms with Gasteiger partial charge in [-0.2, -0.15) is 5.10 Å². The highest BCUT2D eigenvalue weighted by Crippen LogP contribution is 2.26. The molecule has 2 atom stereocenters. The quantitative estimate of drug-likeness (QED) is 0.581. The molecule has 5 nitrogen and oxygen atoms in total. The van der Waals surface area contributed by atoms with Gasteiger partial charge in [-0.15, -0.1) is 0 Å². The molecule has 0 bridgehead atoms. The van der Waals surface area contributed by atoms with Gasteiger partial charge in [-0.25, -0.2) is 10.0 Å². The molecular weight excluding hydrogens is 198 g/mol. The van der Waals surface area contributed by atoms with E-state index in [1.807, 2.05) is 20.9 Å². The number of fused-ring (bicyclic) bond motifs is 1. The molecule has 0 aromatic carbocycles. The van der Waals surface area contributed by atoms with E-state index >= 15 is 0 Å². The molecular formula is C8H13N5S. The van der Waals surface area contributed by atoms with Crippen LogP contribution in [0, 0.1) is 5.92 Å². The van der Waals surface area contributed by atoms with Crippen LogP contribution in [0.2, 0.25) is 0 Å². The Bertz CT molecular complexity index is 348. The predicted molar refractivity (Wildman–Crippen MR) is 59.9 cm³/mol. The minimum atomic E-state index is 0.0972. The first-order valence-electron chi connectivity index (χ1n) is 4.47. The van der Waals surface area contributed by atoms with Crippen molar-refractivity contribution in [2.75, 3.05) is 7.05 Å². The summed E-state index contributed by atoms with van der Waals surface area (Å²) in [7, 11) is 1.99. The van der Waals surface area contributed by atoms with Gasteiger partial charge in [-0.1, -0.05) is 6.92 Å². The van der Waals surface area contributed by atoms with Gasteiger partial charge >= 0.3 is 0 Å². The fourth-order valence-corrected chi connectivity index (χ4v) is 2.01. The van der Waals surface area contributed by atoms with Crippen LogP contribution < -0.4 is 5.73 Å². The Balaban J connectivity index is 2.40. The zero-order chi connectivity index (χ0) is 10.5. The highest BCUT2D eigenvalue weighted by atomic mass is 32.1. The first-order valence-corrected chi connectivity index (χ1v) is 4.88. The van der Waals surface area contributed by atoms with Crippen LogP contribution in [-0.2, 0) is 0 Å². The van der Waals surface area contributed by atoms with Gasteiger partial charge in [0.2, 0.25) is 5.11 Å². The minimum absolute atomic E-state index is 0.0972. The molecule has 2 aliphatic rings. The topological polar surface area (TPSA) is 57.2 Å². The number of hydrogen-bond donors (Lipinski definition) is 1. The van der Waals surface area contributed by atoms with E-state index in [0.29, 0.717) is 10.9 Å². The fourth-order valence-electron chi connectivity index (χ4n) is 1.76. The molecule has 14 heavy (non-hydrogen) atoms. The SMILES string of the molecule is CC1=NN2C(=S)N=C(N)C(C)C2N1C. The van der Waals surface area contributed by atoms with Gasteiger partial charge in [0.25, 0.3) is 0 Å². The molecule has 2 N–H and O–H groups in total. The molecule has 0 spiro atoms. The van der Waals surface area contributed by atoms with Gasteiger partial charge in [0, 0.05) is 7.05 Å². The van der Waals surface area contributed by atoms with Crippen LogP contribution >= 0.6 is 12.2 Å². The summed E-state index contributed by atoms with van der Waals surface area (Å²) in [5, 5.41) is 6.54. The number of nitrogens with zero attached hydrogens (tertiary/aromatic N) is 4. The number of nitrogens with two attached hydrogens (primary N) is 1. The highest BCUT2D eigenvalue weighted by Gasteiger charge is 2.40. The van der Waals surface area contributed by atoms with E-state index in [-0.39, 0.29) is 12.1 Å². The zero-order valence-electron chi connectivity index (χ0n) is 8.43. The average molecular weight is 211 g/mol. The summed E-state index contributed by atoms with van der Waals surface area (Å²) < 4.78 is 0. The molecule has 0 amide bonds. The van der Waals surface area contributed by atoms with Crippen molar-refractivity contribution in [3.63, 3.8) is 0 Å². The maximum atomic E-state index is 5.79. The molecule has 2 unspecified atom stereocenters. The van der Waals surface area contributed by atoms with Crippen LogP contribution in [-0.4, -0.2) is 39.9 Å². The zero-order valence-corrected chi connectivity index (χ0v) is 9.25. The number of thiocarbonyl (C=S) groups is 1. The van der Waals surface area contributed by atoms with Crippen molar-refractivity contribution < 1.29 is 0 Å². The number of rotatable bonds is 0. The molecule has 6 heteroatoms. The second-order valence-corrected chi connectivity index (χ2v) is 3.99. The predicted octanol–water partition coefficient (Wildman–Crippen LogP) is 0.185. The molecule has 2 heterocycles. The van der Waals surface area contributed by atoms with Gasteiger partial charge in [-0.3, -0.25) is 0 Å². The second kappa shape index (κ2) is 2.91. The Kier molecular flexibility index (Phi) is 1.95. The van der Waals surface area contributed by atoms with E-state index in [0.717, 1.165) is 5.84 Å². The molecule has 0 radical (unpaired) electrons. The monoisotopic (exact) mass is 211 g/mol. The standard InChI is InChI=1S/C8H13N5S/c1-4-6(9)10-8(14)13-7(4)12(3)5(2)11-13/h4,7H,1-3H3,(H2,9,10,14). The lowest BCUT2D eigenvalue weighted by Crippen LogP contribution is -2.52. The van der Waals surface area contributed by atoms with Gasteiger partial charge < -0.3 is 10.6 Å². The van der Waals surface area contributed by atoms with E-state index in [2.05, 4.69) is 15.0 Å². The third-order valence-corrected chi connectivity index (χ3v) is 3.02. The van der Waals surface area contributed by atoms with Crippen LogP contribution in [0.5, 0.6) is 0 Å². The molecule has 0 fully saturated rings. The highest BCUT2D eigenvalue weighted by molar-refractivity contribution is 7.80. The lowest BCUT2D eigenvalue weighted by atomic mass is 10.1. The molecule has 0 aromatic heterocycles. The van der Waals surface area contributed by atoms with Crippen LogP contribution in [0.4, 0.5) is 0 Å². The van der Waals surface area contributed by atoms with Crippen molar-refractivity contribution in [3.8, 4) is 0 Å². The first kappa shape index (κ1) is 9.39. The summed E-state index contributed by atoms with van der Waals surface area (Å²) in [6, 6.07) is 0. The Morgan fingerprint density at radius 1 is 1.50 bits per heavy atom. The van der Waals surface area contributed by atoms with Gasteiger partial charge in [-0.05, 0) is 19.1 Å². The molecule has 76 valence electrons. The first-order chi connectivity index (χ1) is 6.52. The summed E-state index contributed by atoms with van der Waals surface area (Å²) in [5.74, 6) is 1.68. The third kappa shape index (κ3) is 1.10. The molecule has 0 saturated carbocycles. The lowest BCUT2D eigenvalue weighted by Gasteiger charge is -2.35. The second-order valence-electron chi connectivity index (χ2n) is 3.62. The normalized spacial score (nSPS) is 31.5. The van der Waals surface area contributed by atoms with Crippen molar-refractivity contribution >= 4 is 29.0 Å². The van der Waals surface area contributed by atoms with Crippen molar-refractivity contribution in [1.82, 2.24) is 9.91 Å². The summed E-state index contributed by atoms with van der Waals surface area (Å²) in [5.41, 5.74) is 5.79. The van der Waals surface area contributed by atoms with Crippen LogP contribution in [0.1, 0.15) is 13.8 Å². The Morgan fingerprint density at radius 2 is 2.14 bits per heavy atom. The van der Waals surface area contributed by atoms with Crippen molar-refractivity contribution in [2.24, 2.45) is 21.7 Å². The summed E-state index contributed by atoms with van der Waals surface area (Å²) in [6.07, 6.45) is 0.0972. The number of amidine groups is 2. The van der Waals surface area contributed by atoms with E-state index in [1.165, 1.54) is 0 Å². The number of hydrogen-bond acceptors (Lipinski definition) is 4. The summed E-state index contributed by atoms with van der Waals surface area (Å²) >= 11 is 5.10. The average Bonchev–Trinajstić information content (AvgIpc) is 2.41. The molecule has 0 aromatic rings. The smallest absolute Gasteiger partial charge is 0.219 e. The molecule has 0 aliphatic carbocycles. The van der Waals surface area contributed by atoms with Crippen molar-refractivity contribution in [3.05, 3.63) is 0 Å². The molecule has 2 rings (SSSR count). The summed E-state index contributed by atoms with van der Waals surface area (Å²) in [4.78, 5) is 6.16. The molecule has 0 saturated heterocycles. The Morgan fingerprint density at radius 3 is 2.79 bits per heavy atom. The maximum absolute atomic E-state index is 5.79. The number of aliphatic imine (C=N–C) groups is 1. The van der Waals surface area contributed by atoms with Crippen LogP contribution in [0.3, 0.4) is 0 Å². The van der Waals surface area contributed by atoms with E-state index in [4.69, 9.17) is 18.0 Å². The van der Waals surface area contributed by atoms with Crippen LogP contribution in [0.15, 0.2) is 10.1 Å². The minimum Gasteiger partial charge on any atom is -0.387 e. The van der Waals surface area contributed by atoms with Gasteiger partial charge in [0.1, 0.15) is 17.8 Å². The van der Waals surface area contributed by atoms with Gasteiger partial charge in [0.15, 0.2) is 0 Å². The van der Waals surface area contributed by atoms with E-state index < -0.39 is 0 Å².